The summed E-state index contributed by atoms with van der Waals surface area (Å²) in [4.78, 5) is 19.0. The van der Waals surface area contributed by atoms with Crippen LogP contribution in [0.25, 0.3) is 0 Å². The number of nitrogens with zero attached hydrogens (tertiary/aromatic N) is 2. The molecule has 2 heterocycles. The average molecular weight is 276 g/mol. The lowest BCUT2D eigenvalue weighted by Gasteiger charge is -2.37. The zero-order valence-corrected chi connectivity index (χ0v) is 12.8. The van der Waals surface area contributed by atoms with Gasteiger partial charge in [0.2, 0.25) is 0 Å². The number of carbonyl (C=O) groups is 1. The van der Waals surface area contributed by atoms with E-state index in [0.717, 1.165) is 12.1 Å². The van der Waals surface area contributed by atoms with E-state index in [9.17, 15) is 4.79 Å². The Morgan fingerprint density at radius 3 is 2.70 bits per heavy atom. The molecule has 1 aliphatic heterocycles. The highest BCUT2D eigenvalue weighted by atomic mass is 16.5. The first-order valence-corrected chi connectivity index (χ1v) is 7.22. The number of hydrogen-bond acceptors (Lipinski definition) is 3. The van der Waals surface area contributed by atoms with E-state index in [0.29, 0.717) is 13.2 Å². The minimum Gasteiger partial charge on any atom is -0.368 e. The molecular weight excluding hydrogens is 252 g/mol. The topological polar surface area (TPSA) is 42.4 Å². The molecule has 0 radical (unpaired) electrons. The van der Waals surface area contributed by atoms with Crippen molar-refractivity contribution in [3.8, 4) is 0 Å². The third-order valence-electron chi connectivity index (χ3n) is 3.75. The van der Waals surface area contributed by atoms with Crippen molar-refractivity contribution in [2.75, 3.05) is 6.61 Å². The molecule has 1 aromatic heterocycles. The summed E-state index contributed by atoms with van der Waals surface area (Å²) in [6.07, 6.45) is 2.41. The third-order valence-corrected chi connectivity index (χ3v) is 3.75. The van der Waals surface area contributed by atoms with Gasteiger partial charge in [-0.2, -0.15) is 0 Å². The van der Waals surface area contributed by atoms with Gasteiger partial charge >= 0.3 is 0 Å². The molecule has 0 unspecified atom stereocenters. The van der Waals surface area contributed by atoms with E-state index < -0.39 is 0 Å². The van der Waals surface area contributed by atoms with E-state index in [2.05, 4.69) is 11.9 Å². The lowest BCUT2D eigenvalue weighted by molar-refractivity contribution is -0.148. The summed E-state index contributed by atoms with van der Waals surface area (Å²) in [6, 6.07) is 5.78. The fourth-order valence-electron chi connectivity index (χ4n) is 2.46. The van der Waals surface area contributed by atoms with Gasteiger partial charge in [0.15, 0.2) is 0 Å². The van der Waals surface area contributed by atoms with Crippen LogP contribution >= 0.6 is 0 Å². The molecule has 110 valence electrons. The maximum absolute atomic E-state index is 12.8. The second-order valence-electron chi connectivity index (χ2n) is 6.47. The van der Waals surface area contributed by atoms with Gasteiger partial charge in [-0.3, -0.25) is 9.78 Å². The largest absolute Gasteiger partial charge is 0.368 e. The van der Waals surface area contributed by atoms with Gasteiger partial charge in [0.1, 0.15) is 6.10 Å². The molecule has 0 bridgehead atoms. The lowest BCUT2D eigenvalue weighted by atomic mass is 9.99. The zero-order valence-electron chi connectivity index (χ0n) is 12.8. The van der Waals surface area contributed by atoms with Gasteiger partial charge in [-0.15, -0.1) is 0 Å². The fraction of sp³-hybridized carbons (Fsp3) is 0.625. The first-order chi connectivity index (χ1) is 9.39. The van der Waals surface area contributed by atoms with Crippen LogP contribution in [0, 0.1) is 5.92 Å². The Hall–Kier alpha value is -1.42. The smallest absolute Gasteiger partial charge is 0.252 e. The maximum atomic E-state index is 12.8. The number of aromatic nitrogens is 1. The number of amides is 1. The van der Waals surface area contributed by atoms with Crippen molar-refractivity contribution in [3.63, 3.8) is 0 Å². The van der Waals surface area contributed by atoms with Crippen molar-refractivity contribution in [2.45, 2.75) is 52.3 Å². The second-order valence-corrected chi connectivity index (χ2v) is 6.47. The maximum Gasteiger partial charge on any atom is 0.252 e. The summed E-state index contributed by atoms with van der Waals surface area (Å²) in [5.74, 6) is 0.365. The van der Waals surface area contributed by atoms with E-state index in [1.165, 1.54) is 0 Å². The first kappa shape index (κ1) is 15.0. The Balaban J connectivity index is 2.18. The van der Waals surface area contributed by atoms with Crippen molar-refractivity contribution >= 4 is 5.91 Å². The molecule has 4 nitrogen and oxygen atoms in total. The summed E-state index contributed by atoms with van der Waals surface area (Å²) >= 11 is 0. The van der Waals surface area contributed by atoms with E-state index in [1.54, 1.807) is 6.20 Å². The molecule has 2 atom stereocenters. The van der Waals surface area contributed by atoms with Crippen LogP contribution in [0.4, 0.5) is 0 Å². The molecule has 2 rings (SSSR count). The van der Waals surface area contributed by atoms with Crippen LogP contribution < -0.4 is 0 Å². The monoisotopic (exact) mass is 276 g/mol. The predicted octanol–water partition coefficient (Wildman–Crippen LogP) is 2.63. The Labute approximate surface area is 121 Å². The fourth-order valence-corrected chi connectivity index (χ4v) is 2.46. The van der Waals surface area contributed by atoms with E-state index >= 15 is 0 Å². The molecule has 0 N–H and O–H groups in total. The number of carbonyl (C=O) groups excluding carboxylic acids is 1. The van der Waals surface area contributed by atoms with Crippen LogP contribution in [0.1, 0.15) is 39.8 Å². The van der Waals surface area contributed by atoms with Crippen molar-refractivity contribution < 1.29 is 9.53 Å². The van der Waals surface area contributed by atoms with Gasteiger partial charge in [0, 0.05) is 18.3 Å². The van der Waals surface area contributed by atoms with Crippen LogP contribution in [0.2, 0.25) is 0 Å². The molecule has 4 heteroatoms. The number of hydrogen-bond donors (Lipinski definition) is 0. The normalized spacial score (nSPS) is 22.8. The molecule has 1 aromatic rings. The standard InChI is InChI=1S/C16H24N2O2/c1-12-8-10-20-14(12)15(19)18(16(2,3)4)11-13-7-5-6-9-17-13/h5-7,9,12,14H,8,10-11H2,1-4H3/t12-,14-/m1/s1. The van der Waals surface area contributed by atoms with Crippen molar-refractivity contribution in [3.05, 3.63) is 30.1 Å². The molecule has 0 aliphatic carbocycles. The highest BCUT2D eigenvalue weighted by Crippen LogP contribution is 2.26. The number of ether oxygens (including phenoxy) is 1. The second kappa shape index (κ2) is 5.92. The number of rotatable bonds is 3. The van der Waals surface area contributed by atoms with Gasteiger partial charge in [-0.1, -0.05) is 13.0 Å². The Morgan fingerprint density at radius 2 is 2.20 bits per heavy atom. The quantitative estimate of drug-likeness (QED) is 0.852. The highest BCUT2D eigenvalue weighted by Gasteiger charge is 2.38. The lowest BCUT2D eigenvalue weighted by Crippen LogP contribution is -2.50. The molecule has 20 heavy (non-hydrogen) atoms. The summed E-state index contributed by atoms with van der Waals surface area (Å²) in [5.41, 5.74) is 0.654. The van der Waals surface area contributed by atoms with Crippen molar-refractivity contribution in [1.82, 2.24) is 9.88 Å². The minimum atomic E-state index is -0.307. The van der Waals surface area contributed by atoms with Gasteiger partial charge in [-0.25, -0.2) is 0 Å². The molecule has 0 aromatic carbocycles. The summed E-state index contributed by atoms with van der Waals surface area (Å²) < 4.78 is 5.63. The molecular formula is C16H24N2O2. The van der Waals surface area contributed by atoms with E-state index in [1.807, 2.05) is 43.9 Å². The summed E-state index contributed by atoms with van der Waals surface area (Å²) in [5, 5.41) is 0. The summed E-state index contributed by atoms with van der Waals surface area (Å²) in [7, 11) is 0. The Kier molecular flexibility index (Phi) is 4.43. The van der Waals surface area contributed by atoms with Crippen LogP contribution in [-0.4, -0.2) is 34.0 Å². The molecule has 1 fully saturated rings. The molecule has 0 spiro atoms. The molecule has 1 aliphatic rings. The van der Waals surface area contributed by atoms with E-state index in [-0.39, 0.29) is 23.5 Å². The van der Waals surface area contributed by atoms with Crippen LogP contribution in [0.3, 0.4) is 0 Å². The predicted molar refractivity (Wildman–Crippen MR) is 78.1 cm³/mol. The average Bonchev–Trinajstić information content (AvgIpc) is 2.81. The highest BCUT2D eigenvalue weighted by molar-refractivity contribution is 5.82. The molecule has 1 saturated heterocycles. The number of pyridine rings is 1. The molecule has 1 amide bonds. The van der Waals surface area contributed by atoms with Gasteiger partial charge in [0.05, 0.1) is 12.2 Å². The van der Waals surface area contributed by atoms with Gasteiger partial charge < -0.3 is 9.64 Å². The van der Waals surface area contributed by atoms with Gasteiger partial charge in [0.25, 0.3) is 5.91 Å². The first-order valence-electron chi connectivity index (χ1n) is 7.22. The summed E-state index contributed by atoms with van der Waals surface area (Å²) in [6.45, 7) is 9.43. The minimum absolute atomic E-state index is 0.0770. The third kappa shape index (κ3) is 3.37. The SMILES string of the molecule is C[C@@H]1CCO[C@H]1C(=O)N(Cc1ccccn1)C(C)(C)C. The van der Waals surface area contributed by atoms with Crippen LogP contribution in [-0.2, 0) is 16.1 Å². The Bertz CT molecular complexity index is 453. The van der Waals surface area contributed by atoms with Crippen LogP contribution in [0.15, 0.2) is 24.4 Å². The van der Waals surface area contributed by atoms with Crippen molar-refractivity contribution in [1.29, 1.82) is 0 Å². The molecule has 0 saturated carbocycles. The Morgan fingerprint density at radius 1 is 1.45 bits per heavy atom. The van der Waals surface area contributed by atoms with Gasteiger partial charge in [-0.05, 0) is 45.2 Å². The van der Waals surface area contributed by atoms with E-state index in [4.69, 9.17) is 4.74 Å². The van der Waals surface area contributed by atoms with Crippen LogP contribution in [0.5, 0.6) is 0 Å². The zero-order chi connectivity index (χ0) is 14.8. The van der Waals surface area contributed by atoms with Crippen molar-refractivity contribution in [2.24, 2.45) is 5.92 Å².